The summed E-state index contributed by atoms with van der Waals surface area (Å²) < 4.78 is 13.7. The van der Waals surface area contributed by atoms with Gasteiger partial charge < -0.3 is 10.2 Å². The average molecular weight is 342 g/mol. The quantitative estimate of drug-likeness (QED) is 0.907. The number of aromatic nitrogens is 2. The van der Waals surface area contributed by atoms with Crippen molar-refractivity contribution in [3.63, 3.8) is 0 Å². The second-order valence-corrected chi connectivity index (χ2v) is 6.52. The summed E-state index contributed by atoms with van der Waals surface area (Å²) in [7, 11) is 0. The number of hydrogen-bond acceptors (Lipinski definition) is 4. The smallest absolute Gasteiger partial charge is 0.225 e. The number of amides is 1. The molecule has 1 aromatic carbocycles. The fourth-order valence-corrected chi connectivity index (χ4v) is 3.20. The number of carbonyl (C=O) groups is 1. The number of nitrogens with one attached hydrogen (secondary N) is 1. The highest BCUT2D eigenvalue weighted by Gasteiger charge is 2.26. The monoisotopic (exact) mass is 342 g/mol. The highest BCUT2D eigenvalue weighted by molar-refractivity contribution is 5.79. The Morgan fingerprint density at radius 1 is 1.24 bits per heavy atom. The van der Waals surface area contributed by atoms with Crippen LogP contribution in [0.2, 0.25) is 0 Å². The molecule has 2 heterocycles. The van der Waals surface area contributed by atoms with E-state index in [1.165, 1.54) is 6.07 Å². The van der Waals surface area contributed by atoms with Crippen molar-refractivity contribution in [3.8, 4) is 0 Å². The molecule has 3 rings (SSSR count). The minimum absolute atomic E-state index is 0.0111. The van der Waals surface area contributed by atoms with Gasteiger partial charge >= 0.3 is 0 Å². The normalized spacial score (nSPS) is 16.5. The van der Waals surface area contributed by atoms with E-state index in [4.69, 9.17) is 0 Å². The van der Waals surface area contributed by atoms with Gasteiger partial charge in [-0.2, -0.15) is 0 Å². The molecule has 0 bridgehead atoms. The third-order valence-electron chi connectivity index (χ3n) is 4.57. The Morgan fingerprint density at radius 2 is 1.92 bits per heavy atom. The first-order chi connectivity index (χ1) is 12.1. The van der Waals surface area contributed by atoms with Gasteiger partial charge in [0.15, 0.2) is 0 Å². The maximum absolute atomic E-state index is 13.7. The zero-order valence-electron chi connectivity index (χ0n) is 14.4. The molecule has 1 aliphatic rings. The molecule has 1 saturated heterocycles. The van der Waals surface area contributed by atoms with Gasteiger partial charge in [-0.05, 0) is 43.9 Å². The largest absolute Gasteiger partial charge is 0.353 e. The lowest BCUT2D eigenvalue weighted by Crippen LogP contribution is -2.44. The van der Waals surface area contributed by atoms with E-state index >= 15 is 0 Å². The van der Waals surface area contributed by atoms with Crippen molar-refractivity contribution in [2.75, 3.05) is 18.0 Å². The summed E-state index contributed by atoms with van der Waals surface area (Å²) in [6.07, 6.45) is 5.50. The van der Waals surface area contributed by atoms with Gasteiger partial charge in [0, 0.05) is 37.4 Å². The van der Waals surface area contributed by atoms with Crippen LogP contribution in [0.3, 0.4) is 0 Å². The number of rotatable bonds is 5. The van der Waals surface area contributed by atoms with Crippen molar-refractivity contribution < 1.29 is 9.18 Å². The molecule has 5 nitrogen and oxygen atoms in total. The van der Waals surface area contributed by atoms with E-state index in [1.54, 1.807) is 30.6 Å². The van der Waals surface area contributed by atoms with Crippen LogP contribution in [0, 0.1) is 11.7 Å². The van der Waals surface area contributed by atoms with E-state index in [1.807, 2.05) is 13.0 Å². The number of nitrogens with zero attached hydrogens (tertiary/aromatic N) is 3. The number of benzene rings is 1. The number of anilines is 1. The Hall–Kier alpha value is -2.50. The van der Waals surface area contributed by atoms with E-state index in [-0.39, 0.29) is 23.7 Å². The zero-order chi connectivity index (χ0) is 17.6. The van der Waals surface area contributed by atoms with Crippen LogP contribution in [0.25, 0.3) is 0 Å². The first-order valence-corrected chi connectivity index (χ1v) is 8.69. The van der Waals surface area contributed by atoms with Crippen molar-refractivity contribution in [3.05, 3.63) is 54.1 Å². The Bertz CT molecular complexity index is 702. The maximum atomic E-state index is 13.7. The summed E-state index contributed by atoms with van der Waals surface area (Å²) in [5.74, 6) is 0.537. The Kier molecular flexibility index (Phi) is 5.58. The average Bonchev–Trinajstić information content (AvgIpc) is 2.64. The van der Waals surface area contributed by atoms with Gasteiger partial charge in [-0.15, -0.1) is 0 Å². The number of hydrogen-bond donors (Lipinski definition) is 1. The van der Waals surface area contributed by atoms with Crippen molar-refractivity contribution in [2.45, 2.75) is 32.2 Å². The summed E-state index contributed by atoms with van der Waals surface area (Å²) >= 11 is 0. The molecule has 0 spiro atoms. The van der Waals surface area contributed by atoms with Crippen LogP contribution in [0.1, 0.15) is 25.3 Å². The van der Waals surface area contributed by atoms with Crippen LogP contribution in [-0.4, -0.2) is 35.0 Å². The van der Waals surface area contributed by atoms with Gasteiger partial charge in [-0.1, -0.05) is 18.2 Å². The molecule has 0 aliphatic carbocycles. The molecule has 1 unspecified atom stereocenters. The molecule has 132 valence electrons. The third kappa shape index (κ3) is 4.53. The van der Waals surface area contributed by atoms with E-state index in [9.17, 15) is 9.18 Å². The van der Waals surface area contributed by atoms with Crippen molar-refractivity contribution in [1.29, 1.82) is 0 Å². The molecule has 1 aliphatic heterocycles. The van der Waals surface area contributed by atoms with Crippen molar-refractivity contribution in [1.82, 2.24) is 15.3 Å². The molecule has 1 amide bonds. The molecule has 25 heavy (non-hydrogen) atoms. The number of halogens is 1. The molecule has 1 fully saturated rings. The van der Waals surface area contributed by atoms with Gasteiger partial charge in [0.25, 0.3) is 0 Å². The maximum Gasteiger partial charge on any atom is 0.225 e. The van der Waals surface area contributed by atoms with Gasteiger partial charge in [-0.3, -0.25) is 4.79 Å². The highest BCUT2D eigenvalue weighted by atomic mass is 19.1. The Balaban J connectivity index is 1.48. The lowest BCUT2D eigenvalue weighted by atomic mass is 9.95. The standard InChI is InChI=1S/C19H23FN4O/c1-14(13-16-5-2-3-6-17(16)20)23-18(25)15-7-11-24(12-8-15)19-21-9-4-10-22-19/h2-6,9-10,14-15H,7-8,11-13H2,1H3,(H,23,25). The van der Waals surface area contributed by atoms with E-state index < -0.39 is 0 Å². The molecule has 1 aromatic heterocycles. The van der Waals surface area contributed by atoms with E-state index in [0.717, 1.165) is 25.9 Å². The summed E-state index contributed by atoms with van der Waals surface area (Å²) in [6.45, 7) is 3.45. The van der Waals surface area contributed by atoms with Crippen LogP contribution in [0.15, 0.2) is 42.7 Å². The Labute approximate surface area is 147 Å². The van der Waals surface area contributed by atoms with Crippen LogP contribution in [0.4, 0.5) is 10.3 Å². The molecule has 6 heteroatoms. The van der Waals surface area contributed by atoms with Crippen LogP contribution >= 0.6 is 0 Å². The second-order valence-electron chi connectivity index (χ2n) is 6.52. The summed E-state index contributed by atoms with van der Waals surface area (Å²) in [6, 6.07) is 8.39. The lowest BCUT2D eigenvalue weighted by molar-refractivity contribution is -0.126. The molecule has 2 aromatic rings. The number of carbonyl (C=O) groups excluding carboxylic acids is 1. The highest BCUT2D eigenvalue weighted by Crippen LogP contribution is 2.20. The Morgan fingerprint density at radius 3 is 2.60 bits per heavy atom. The summed E-state index contributed by atoms with van der Waals surface area (Å²) in [5.41, 5.74) is 0.631. The first kappa shape index (κ1) is 17.3. The molecule has 0 radical (unpaired) electrons. The zero-order valence-corrected chi connectivity index (χ0v) is 14.4. The van der Waals surface area contributed by atoms with Gasteiger partial charge in [0.1, 0.15) is 5.82 Å². The lowest BCUT2D eigenvalue weighted by Gasteiger charge is -2.31. The predicted octanol–water partition coefficient (Wildman–Crippen LogP) is 2.58. The second kappa shape index (κ2) is 8.05. The SMILES string of the molecule is CC(Cc1ccccc1F)NC(=O)C1CCN(c2ncccn2)CC1. The fourth-order valence-electron chi connectivity index (χ4n) is 3.20. The summed E-state index contributed by atoms with van der Waals surface area (Å²) in [5, 5.41) is 3.02. The van der Waals surface area contributed by atoms with E-state index in [2.05, 4.69) is 20.2 Å². The molecule has 1 N–H and O–H groups in total. The van der Waals surface area contributed by atoms with Crippen LogP contribution < -0.4 is 10.2 Å². The molecular weight excluding hydrogens is 319 g/mol. The van der Waals surface area contributed by atoms with Gasteiger partial charge in [-0.25, -0.2) is 14.4 Å². The number of piperidine rings is 1. The third-order valence-corrected chi connectivity index (χ3v) is 4.57. The topological polar surface area (TPSA) is 58.1 Å². The predicted molar refractivity (Wildman–Crippen MR) is 94.7 cm³/mol. The van der Waals surface area contributed by atoms with Crippen LogP contribution in [0.5, 0.6) is 0 Å². The van der Waals surface area contributed by atoms with Gasteiger partial charge in [0.05, 0.1) is 0 Å². The molecule has 0 saturated carbocycles. The van der Waals surface area contributed by atoms with Crippen LogP contribution in [-0.2, 0) is 11.2 Å². The van der Waals surface area contributed by atoms with E-state index in [0.29, 0.717) is 17.9 Å². The minimum Gasteiger partial charge on any atom is -0.353 e. The molecular formula is C19H23FN4O. The molecule has 1 atom stereocenters. The minimum atomic E-state index is -0.222. The summed E-state index contributed by atoms with van der Waals surface area (Å²) in [4.78, 5) is 23.1. The van der Waals surface area contributed by atoms with Gasteiger partial charge in [0.2, 0.25) is 11.9 Å². The first-order valence-electron chi connectivity index (χ1n) is 8.69. The van der Waals surface area contributed by atoms with Crippen molar-refractivity contribution in [2.24, 2.45) is 5.92 Å². The van der Waals surface area contributed by atoms with Crippen molar-refractivity contribution >= 4 is 11.9 Å². The fraction of sp³-hybridized carbons (Fsp3) is 0.421.